The molecule has 1 aromatic carbocycles. The van der Waals surface area contributed by atoms with Crippen molar-refractivity contribution in [2.24, 2.45) is 0 Å². The molecule has 0 bridgehead atoms. The zero-order chi connectivity index (χ0) is 14.3. The molecule has 1 aromatic rings. The summed E-state index contributed by atoms with van der Waals surface area (Å²) in [6, 6.07) is 6.11. The van der Waals surface area contributed by atoms with Crippen molar-refractivity contribution in [3.63, 3.8) is 0 Å². The summed E-state index contributed by atoms with van der Waals surface area (Å²) in [5, 5.41) is 1.55. The molecule has 19 heavy (non-hydrogen) atoms. The van der Waals surface area contributed by atoms with Crippen LogP contribution in [0.15, 0.2) is 30.3 Å². The van der Waals surface area contributed by atoms with Crippen LogP contribution >= 0.6 is 0 Å². The van der Waals surface area contributed by atoms with Gasteiger partial charge in [0.2, 0.25) is 0 Å². The fraction of sp³-hybridized carbons (Fsp3) is 0.273. The van der Waals surface area contributed by atoms with Gasteiger partial charge in [0.1, 0.15) is 0 Å². The van der Waals surface area contributed by atoms with Crippen molar-refractivity contribution in [1.82, 2.24) is 5.32 Å². The van der Waals surface area contributed by atoms with Crippen LogP contribution in [0.4, 0.5) is 23.7 Å². The standard InChI is InChI=1S/C11H9F3N2O3/c1-19-10(11(12,13)14)8(17)16(9(18)15-10)7-5-3-2-4-6-7/h2-6H,1H3,(H,15,18)/t10-/m0/s1. The predicted octanol–water partition coefficient (Wildman–Crippen LogP) is 1.65. The van der Waals surface area contributed by atoms with Crippen LogP contribution < -0.4 is 10.2 Å². The molecule has 0 aromatic heterocycles. The third-order valence-electron chi connectivity index (χ3n) is 2.71. The molecule has 3 amide bonds. The van der Waals surface area contributed by atoms with Gasteiger partial charge in [0.15, 0.2) is 0 Å². The first-order valence-electron chi connectivity index (χ1n) is 5.17. The number of imide groups is 1. The van der Waals surface area contributed by atoms with Crippen LogP contribution in [0.25, 0.3) is 0 Å². The third kappa shape index (κ3) is 1.84. The Hall–Kier alpha value is -2.09. The van der Waals surface area contributed by atoms with Gasteiger partial charge in [-0.1, -0.05) is 18.2 Å². The van der Waals surface area contributed by atoms with E-state index in [-0.39, 0.29) is 5.69 Å². The molecule has 2 rings (SSSR count). The number of hydrogen-bond donors (Lipinski definition) is 1. The first-order valence-corrected chi connectivity index (χ1v) is 5.17. The average molecular weight is 274 g/mol. The molecule has 0 spiro atoms. The summed E-state index contributed by atoms with van der Waals surface area (Å²) in [4.78, 5) is 23.9. The molecule has 1 aliphatic heterocycles. The van der Waals surface area contributed by atoms with Gasteiger partial charge in [0.25, 0.3) is 5.91 Å². The number of alkyl halides is 3. The minimum Gasteiger partial charge on any atom is -0.344 e. The van der Waals surface area contributed by atoms with E-state index in [9.17, 15) is 22.8 Å². The van der Waals surface area contributed by atoms with Crippen molar-refractivity contribution in [3.8, 4) is 0 Å². The lowest BCUT2D eigenvalue weighted by molar-refractivity contribution is -0.261. The number of para-hydroxylation sites is 1. The Balaban J connectivity index is 2.47. The van der Waals surface area contributed by atoms with Crippen LogP contribution in [0.3, 0.4) is 0 Å². The van der Waals surface area contributed by atoms with Gasteiger partial charge in [0, 0.05) is 7.11 Å². The van der Waals surface area contributed by atoms with E-state index < -0.39 is 23.8 Å². The van der Waals surface area contributed by atoms with Gasteiger partial charge in [-0.25, -0.2) is 9.69 Å². The smallest absolute Gasteiger partial charge is 0.344 e. The molecule has 8 heteroatoms. The summed E-state index contributed by atoms with van der Waals surface area (Å²) in [6.45, 7) is 0. The number of hydrogen-bond acceptors (Lipinski definition) is 3. The molecule has 1 heterocycles. The van der Waals surface area contributed by atoms with Gasteiger partial charge >= 0.3 is 17.9 Å². The van der Waals surface area contributed by atoms with Crippen molar-refractivity contribution >= 4 is 17.6 Å². The molecule has 1 N–H and O–H groups in total. The Bertz CT molecular complexity index is 518. The van der Waals surface area contributed by atoms with E-state index in [0.717, 1.165) is 0 Å². The van der Waals surface area contributed by atoms with E-state index in [0.29, 0.717) is 12.0 Å². The highest BCUT2D eigenvalue weighted by Crippen LogP contribution is 2.37. The average Bonchev–Trinajstić information content (AvgIpc) is 2.62. The van der Waals surface area contributed by atoms with Gasteiger partial charge in [0.05, 0.1) is 5.69 Å². The third-order valence-corrected chi connectivity index (χ3v) is 2.71. The van der Waals surface area contributed by atoms with Crippen molar-refractivity contribution in [2.45, 2.75) is 11.9 Å². The maximum atomic E-state index is 12.9. The molecule has 102 valence electrons. The molecule has 1 atom stereocenters. The van der Waals surface area contributed by atoms with Gasteiger partial charge in [-0.15, -0.1) is 0 Å². The normalized spacial score (nSPS) is 23.7. The number of carbonyl (C=O) groups is 2. The number of amides is 3. The van der Waals surface area contributed by atoms with Gasteiger partial charge in [-0.3, -0.25) is 10.1 Å². The summed E-state index contributed by atoms with van der Waals surface area (Å²) in [6.07, 6.45) is -5.06. The fourth-order valence-electron chi connectivity index (χ4n) is 1.77. The first kappa shape index (κ1) is 13.3. The summed E-state index contributed by atoms with van der Waals surface area (Å²) in [5.41, 5.74) is -3.30. The summed E-state index contributed by atoms with van der Waals surface area (Å²) in [7, 11) is 0.708. The summed E-state index contributed by atoms with van der Waals surface area (Å²) >= 11 is 0. The highest BCUT2D eigenvalue weighted by atomic mass is 19.4. The fourth-order valence-corrected chi connectivity index (χ4v) is 1.77. The number of ether oxygens (including phenoxy) is 1. The van der Waals surface area contributed by atoms with Gasteiger partial charge < -0.3 is 4.74 Å². The topological polar surface area (TPSA) is 58.6 Å². The maximum absolute atomic E-state index is 12.9. The Morgan fingerprint density at radius 2 is 1.79 bits per heavy atom. The molecule has 0 saturated carbocycles. The maximum Gasteiger partial charge on any atom is 0.446 e. The van der Waals surface area contributed by atoms with E-state index in [2.05, 4.69) is 4.74 Å². The van der Waals surface area contributed by atoms with Gasteiger partial charge in [-0.05, 0) is 12.1 Å². The number of benzene rings is 1. The number of anilines is 1. The molecule has 0 aliphatic carbocycles. The van der Waals surface area contributed by atoms with Crippen molar-refractivity contribution in [2.75, 3.05) is 12.0 Å². The van der Waals surface area contributed by atoms with Gasteiger partial charge in [-0.2, -0.15) is 13.2 Å². The molecule has 5 nitrogen and oxygen atoms in total. The van der Waals surface area contributed by atoms with E-state index in [1.165, 1.54) is 24.3 Å². The van der Waals surface area contributed by atoms with Crippen LogP contribution in [-0.2, 0) is 9.53 Å². The number of nitrogens with one attached hydrogen (secondary N) is 1. The van der Waals surface area contributed by atoms with Crippen LogP contribution in [0, 0.1) is 0 Å². The zero-order valence-corrected chi connectivity index (χ0v) is 9.69. The minimum absolute atomic E-state index is 0.0353. The van der Waals surface area contributed by atoms with E-state index >= 15 is 0 Å². The molecular weight excluding hydrogens is 265 g/mol. The van der Waals surface area contributed by atoms with Crippen LogP contribution in [0.2, 0.25) is 0 Å². The van der Waals surface area contributed by atoms with Crippen LogP contribution in [0.5, 0.6) is 0 Å². The highest BCUT2D eigenvalue weighted by Gasteiger charge is 2.69. The van der Waals surface area contributed by atoms with Crippen molar-refractivity contribution < 1.29 is 27.5 Å². The predicted molar refractivity (Wildman–Crippen MR) is 58.3 cm³/mol. The molecular formula is C11H9F3N2O3. The number of rotatable bonds is 2. The van der Waals surface area contributed by atoms with E-state index in [1.54, 1.807) is 11.4 Å². The Labute approximate surface area is 105 Å². The van der Waals surface area contributed by atoms with Crippen molar-refractivity contribution in [3.05, 3.63) is 30.3 Å². The van der Waals surface area contributed by atoms with Crippen LogP contribution in [-0.4, -0.2) is 30.9 Å². The first-order chi connectivity index (χ1) is 8.83. The van der Waals surface area contributed by atoms with E-state index in [1.807, 2.05) is 0 Å². The second-order valence-corrected chi connectivity index (χ2v) is 3.79. The second kappa shape index (κ2) is 4.23. The number of urea groups is 1. The van der Waals surface area contributed by atoms with Crippen molar-refractivity contribution in [1.29, 1.82) is 0 Å². The monoisotopic (exact) mass is 274 g/mol. The Kier molecular flexibility index (Phi) is 2.97. The number of methoxy groups -OCH3 is 1. The molecule has 1 fully saturated rings. The molecule has 1 aliphatic rings. The number of carbonyl (C=O) groups excluding carboxylic acids is 2. The van der Waals surface area contributed by atoms with Crippen LogP contribution in [0.1, 0.15) is 0 Å². The molecule has 1 saturated heterocycles. The largest absolute Gasteiger partial charge is 0.446 e. The lowest BCUT2D eigenvalue weighted by Crippen LogP contribution is -2.60. The lowest BCUT2D eigenvalue weighted by Gasteiger charge is -2.26. The van der Waals surface area contributed by atoms with E-state index in [4.69, 9.17) is 0 Å². The number of halogens is 3. The zero-order valence-electron chi connectivity index (χ0n) is 9.69. The summed E-state index contributed by atoms with van der Waals surface area (Å²) in [5.74, 6) is -1.52. The Morgan fingerprint density at radius 1 is 1.21 bits per heavy atom. The molecule has 0 unspecified atom stereocenters. The molecule has 0 radical (unpaired) electrons. The SMILES string of the molecule is CO[C@@]1(C(F)(F)F)NC(=O)N(c2ccccc2)C1=O. The number of nitrogens with zero attached hydrogens (tertiary/aromatic N) is 1. The quantitative estimate of drug-likeness (QED) is 0.834. The highest BCUT2D eigenvalue weighted by molar-refractivity contribution is 6.23. The minimum atomic E-state index is -5.06. The Morgan fingerprint density at radius 3 is 2.21 bits per heavy atom. The second-order valence-electron chi connectivity index (χ2n) is 3.79. The lowest BCUT2D eigenvalue weighted by atomic mass is 10.2. The summed E-state index contributed by atoms with van der Waals surface area (Å²) < 4.78 is 43.1.